The molecule has 0 spiro atoms. The molecule has 4 N–H and O–H groups in total. The molecule has 2 aliphatic carbocycles. The van der Waals surface area contributed by atoms with Crippen LogP contribution in [0.25, 0.3) is 0 Å². The number of carbonyl (C=O) groups is 4. The number of hydrazine groups is 1. The number of phenolic OH excluding ortho intramolecular Hbond substituents is 1. The van der Waals surface area contributed by atoms with Crippen molar-refractivity contribution < 1.29 is 52.2 Å². The number of amides is 4. The lowest BCUT2D eigenvalue weighted by Crippen LogP contribution is -2.53. The van der Waals surface area contributed by atoms with E-state index in [2.05, 4.69) is 10.4 Å². The van der Waals surface area contributed by atoms with E-state index >= 15 is 4.79 Å². The maximum Gasteiger partial charge on any atom is 0.488 e. The normalized spacial score (nSPS) is 25.5. The van der Waals surface area contributed by atoms with Gasteiger partial charge >= 0.3 is 13.3 Å². The molecule has 4 amide bonds. The number of fused-ring (bicyclic) bond motifs is 4. The van der Waals surface area contributed by atoms with Gasteiger partial charge in [0.25, 0.3) is 11.8 Å². The summed E-state index contributed by atoms with van der Waals surface area (Å²) in [5, 5.41) is 31.7. The highest BCUT2D eigenvalue weighted by Gasteiger charge is 2.70. The molecule has 1 aromatic heterocycles. The number of carbonyl (C=O) groups excluding carboxylic acids is 4. The number of alkyl halides is 3. The Morgan fingerprint density at radius 1 is 0.947 bits per heavy atom. The van der Waals surface area contributed by atoms with Crippen molar-refractivity contribution in [3.63, 3.8) is 0 Å². The fourth-order valence-corrected chi connectivity index (χ4v) is 9.44. The number of aromatic nitrogens is 1. The van der Waals surface area contributed by atoms with E-state index in [-0.39, 0.29) is 41.1 Å². The van der Waals surface area contributed by atoms with E-state index in [0.29, 0.717) is 33.4 Å². The van der Waals surface area contributed by atoms with Crippen LogP contribution in [0.1, 0.15) is 35.4 Å². The number of halogens is 5. The standard InChI is InChI=1S/C39H30BCl2F3N4O8/c1-57-23-9-10-25(30(50)15-23)32-24-11-12-26-31(36(53)48(34(26)51)22-4-2-3-20(14-22)40(55)56)27(24)16-28-35(52)49(37(54)38(28,32)18-5-7-21(41)8-6-18)47-33-29(42)13-19(17-46-33)39(43,44)45/h2-11,13-15,17,26-28,31-32,50,55-56H,12,16H2,1H3,(H,46,47). The zero-order chi connectivity index (χ0) is 40.7. The monoisotopic (exact) mass is 820 g/mol. The van der Waals surface area contributed by atoms with E-state index in [9.17, 15) is 42.7 Å². The smallest absolute Gasteiger partial charge is 0.488 e. The van der Waals surface area contributed by atoms with Crippen molar-refractivity contribution in [3.05, 3.63) is 117 Å². The molecule has 2 saturated heterocycles. The Bertz CT molecular complexity index is 2400. The Hall–Kier alpha value is -5.42. The predicted molar refractivity (Wildman–Crippen MR) is 200 cm³/mol. The minimum atomic E-state index is -4.78. The Morgan fingerprint density at radius 3 is 2.33 bits per heavy atom. The van der Waals surface area contributed by atoms with Gasteiger partial charge in [-0.25, -0.2) is 4.98 Å². The Labute approximate surface area is 332 Å². The topological polar surface area (TPSA) is 170 Å². The molecule has 1 saturated carbocycles. The van der Waals surface area contributed by atoms with E-state index < -0.39 is 88.3 Å². The van der Waals surface area contributed by atoms with Crippen molar-refractivity contribution in [1.82, 2.24) is 9.99 Å². The molecule has 3 fully saturated rings. The van der Waals surface area contributed by atoms with Crippen LogP contribution in [-0.4, -0.2) is 63.0 Å². The van der Waals surface area contributed by atoms with Gasteiger partial charge in [0.15, 0.2) is 5.82 Å². The third kappa shape index (κ3) is 5.96. The van der Waals surface area contributed by atoms with Gasteiger partial charge in [0.2, 0.25) is 11.8 Å². The number of anilines is 2. The zero-order valence-corrected chi connectivity index (χ0v) is 31.1. The molecule has 18 heteroatoms. The van der Waals surface area contributed by atoms with Crippen LogP contribution in [0.3, 0.4) is 0 Å². The number of benzene rings is 3. The molecule has 6 unspecified atom stereocenters. The summed E-state index contributed by atoms with van der Waals surface area (Å²) in [6, 6.07) is 17.0. The first-order chi connectivity index (χ1) is 27.1. The van der Waals surface area contributed by atoms with Gasteiger partial charge in [0.1, 0.15) is 11.5 Å². The number of hydrogen-bond acceptors (Lipinski definition) is 10. The molecule has 3 heterocycles. The van der Waals surface area contributed by atoms with Gasteiger partial charge < -0.3 is 19.9 Å². The number of methoxy groups -OCH3 is 1. The lowest BCUT2D eigenvalue weighted by atomic mass is 9.49. The number of rotatable bonds is 7. The number of nitrogens with one attached hydrogen (secondary N) is 1. The summed E-state index contributed by atoms with van der Waals surface area (Å²) >= 11 is 12.6. The molecule has 2 aliphatic heterocycles. The average molecular weight is 821 g/mol. The quantitative estimate of drug-likeness (QED) is 0.113. The molecule has 0 radical (unpaired) electrons. The molecule has 12 nitrogen and oxygen atoms in total. The van der Waals surface area contributed by atoms with Crippen LogP contribution in [0.4, 0.5) is 24.7 Å². The van der Waals surface area contributed by atoms with Crippen molar-refractivity contribution >= 4 is 70.9 Å². The number of phenols is 1. The van der Waals surface area contributed by atoms with Crippen LogP contribution >= 0.6 is 23.2 Å². The molecule has 57 heavy (non-hydrogen) atoms. The number of allylic oxidation sites excluding steroid dienone is 2. The number of pyridine rings is 1. The Balaban J connectivity index is 1.31. The predicted octanol–water partition coefficient (Wildman–Crippen LogP) is 4.99. The fraction of sp³-hybridized carbons (Fsp3) is 0.256. The van der Waals surface area contributed by atoms with Crippen molar-refractivity contribution in [1.29, 1.82) is 0 Å². The lowest BCUT2D eigenvalue weighted by molar-refractivity contribution is -0.139. The third-order valence-corrected chi connectivity index (χ3v) is 12.1. The van der Waals surface area contributed by atoms with Crippen LogP contribution in [0.2, 0.25) is 10.0 Å². The van der Waals surface area contributed by atoms with Crippen LogP contribution in [0.15, 0.2) is 90.6 Å². The SMILES string of the molecule is COc1ccc(C2C3=CCC4C(=O)N(c5cccc(B(O)O)c5)C(=O)C4C3CC3C(=O)N(Nc4ncc(C(F)(F)F)cc4Cl)C(=O)C32c2ccc(Cl)cc2)c(O)c1. The molecule has 292 valence electrons. The van der Waals surface area contributed by atoms with Crippen LogP contribution in [-0.2, 0) is 30.8 Å². The number of imide groups is 2. The number of aromatic hydroxyl groups is 1. The second kappa shape index (κ2) is 13.9. The molecular weight excluding hydrogens is 791 g/mol. The second-order valence-electron chi connectivity index (χ2n) is 14.3. The first-order valence-electron chi connectivity index (χ1n) is 17.6. The number of nitrogens with zero attached hydrogens (tertiary/aromatic N) is 3. The average Bonchev–Trinajstić information content (AvgIpc) is 3.56. The molecule has 0 bridgehead atoms. The summed E-state index contributed by atoms with van der Waals surface area (Å²) in [5.74, 6) is -8.51. The van der Waals surface area contributed by atoms with Gasteiger partial charge in [0, 0.05) is 28.8 Å². The summed E-state index contributed by atoms with van der Waals surface area (Å²) in [5.41, 5.74) is 0.702. The van der Waals surface area contributed by atoms with Crippen molar-refractivity contribution in [2.45, 2.75) is 30.4 Å². The van der Waals surface area contributed by atoms with Crippen LogP contribution < -0.4 is 20.5 Å². The van der Waals surface area contributed by atoms with Gasteiger partial charge in [-0.15, -0.1) is 0 Å². The molecular formula is C39H30BCl2F3N4O8. The van der Waals surface area contributed by atoms with Crippen LogP contribution in [0.5, 0.6) is 11.5 Å². The van der Waals surface area contributed by atoms with Crippen LogP contribution in [0, 0.1) is 23.7 Å². The van der Waals surface area contributed by atoms with Gasteiger partial charge in [-0.05, 0) is 66.2 Å². The van der Waals surface area contributed by atoms with Gasteiger partial charge in [-0.3, -0.25) is 29.5 Å². The fourth-order valence-electron chi connectivity index (χ4n) is 9.10. The van der Waals surface area contributed by atoms with Gasteiger partial charge in [0.05, 0.1) is 46.6 Å². The minimum Gasteiger partial charge on any atom is -0.508 e. The lowest BCUT2D eigenvalue weighted by Gasteiger charge is -2.50. The van der Waals surface area contributed by atoms with E-state index in [1.807, 2.05) is 0 Å². The Morgan fingerprint density at radius 2 is 1.68 bits per heavy atom. The van der Waals surface area contributed by atoms with E-state index in [1.165, 1.54) is 49.6 Å². The maximum atomic E-state index is 15.3. The second-order valence-corrected chi connectivity index (χ2v) is 15.2. The molecule has 6 atom stereocenters. The van der Waals surface area contributed by atoms with Gasteiger partial charge in [-0.1, -0.05) is 65.2 Å². The summed E-state index contributed by atoms with van der Waals surface area (Å²) in [6.45, 7) is 0. The molecule has 8 rings (SSSR count). The molecule has 3 aromatic carbocycles. The number of hydrogen-bond donors (Lipinski definition) is 4. The largest absolute Gasteiger partial charge is 0.508 e. The highest BCUT2D eigenvalue weighted by Crippen LogP contribution is 2.65. The maximum absolute atomic E-state index is 15.3. The van der Waals surface area contributed by atoms with Crippen molar-refractivity contribution in [2.75, 3.05) is 17.4 Å². The zero-order valence-electron chi connectivity index (χ0n) is 29.6. The molecule has 4 aliphatic rings. The molecule has 4 aromatic rings. The van der Waals surface area contributed by atoms with E-state index in [1.54, 1.807) is 30.3 Å². The summed E-state index contributed by atoms with van der Waals surface area (Å²) in [4.78, 5) is 63.6. The summed E-state index contributed by atoms with van der Waals surface area (Å²) in [6.07, 6.45) is -2.62. The highest BCUT2D eigenvalue weighted by molar-refractivity contribution is 6.58. The minimum absolute atomic E-state index is 0.0455. The van der Waals surface area contributed by atoms with Gasteiger partial charge in [-0.2, -0.15) is 18.2 Å². The number of ether oxygens (including phenoxy) is 1. The first-order valence-corrected chi connectivity index (χ1v) is 18.4. The summed E-state index contributed by atoms with van der Waals surface area (Å²) < 4.78 is 45.8. The third-order valence-electron chi connectivity index (χ3n) is 11.5. The van der Waals surface area contributed by atoms with E-state index in [0.717, 1.165) is 4.90 Å². The highest BCUT2D eigenvalue weighted by atomic mass is 35.5. The Kier molecular flexibility index (Phi) is 9.38. The van der Waals surface area contributed by atoms with E-state index in [4.69, 9.17) is 27.9 Å². The van der Waals surface area contributed by atoms with Crippen molar-refractivity contribution in [3.8, 4) is 11.5 Å². The first kappa shape index (κ1) is 38.5. The van der Waals surface area contributed by atoms with Crippen molar-refractivity contribution in [2.24, 2.45) is 23.7 Å². The summed E-state index contributed by atoms with van der Waals surface area (Å²) in [7, 11) is -0.477.